The first-order valence-electron chi connectivity index (χ1n) is 9.03. The van der Waals surface area contributed by atoms with Gasteiger partial charge in [-0.25, -0.2) is 0 Å². The van der Waals surface area contributed by atoms with Crippen molar-refractivity contribution < 1.29 is 14.4 Å². The number of nitrogens with zero attached hydrogens (tertiary/aromatic N) is 2. The van der Waals surface area contributed by atoms with E-state index >= 15 is 0 Å². The molecule has 0 radical (unpaired) electrons. The Morgan fingerprint density at radius 3 is 2.42 bits per heavy atom. The Morgan fingerprint density at radius 2 is 1.73 bits per heavy atom. The van der Waals surface area contributed by atoms with Crippen LogP contribution in [-0.4, -0.2) is 61.4 Å². The van der Waals surface area contributed by atoms with Crippen LogP contribution in [0.3, 0.4) is 0 Å². The summed E-state index contributed by atoms with van der Waals surface area (Å²) in [6, 6.07) is 7.67. The molecule has 2 N–H and O–H groups in total. The Morgan fingerprint density at radius 1 is 1.00 bits per heavy atom. The number of hydrogen-bond donors (Lipinski definition) is 2. The van der Waals surface area contributed by atoms with Gasteiger partial charge < -0.3 is 15.1 Å². The van der Waals surface area contributed by atoms with Crippen LogP contribution in [0, 0.1) is 0 Å². The van der Waals surface area contributed by atoms with Crippen molar-refractivity contribution in [1.29, 1.82) is 0 Å². The fourth-order valence-electron chi connectivity index (χ4n) is 3.77. The van der Waals surface area contributed by atoms with Crippen molar-refractivity contribution in [3.63, 3.8) is 0 Å². The number of benzene rings is 1. The fraction of sp³-hybridized carbons (Fsp3) is 0.421. The molecule has 7 heteroatoms. The summed E-state index contributed by atoms with van der Waals surface area (Å²) in [5.74, 6) is -0.812. The van der Waals surface area contributed by atoms with Crippen molar-refractivity contribution in [2.24, 2.45) is 0 Å². The molecule has 0 aliphatic carbocycles. The summed E-state index contributed by atoms with van der Waals surface area (Å²) in [7, 11) is 0. The van der Waals surface area contributed by atoms with Crippen molar-refractivity contribution in [3.05, 3.63) is 35.9 Å². The molecular weight excluding hydrogens is 332 g/mol. The second-order valence-corrected chi connectivity index (χ2v) is 6.89. The van der Waals surface area contributed by atoms with E-state index in [9.17, 15) is 14.4 Å². The zero-order chi connectivity index (χ0) is 18.1. The third-order valence-electron chi connectivity index (χ3n) is 5.23. The van der Waals surface area contributed by atoms with Gasteiger partial charge in [-0.2, -0.15) is 0 Å². The van der Waals surface area contributed by atoms with E-state index in [-0.39, 0.29) is 24.1 Å². The highest BCUT2D eigenvalue weighted by molar-refractivity contribution is 6.06. The van der Waals surface area contributed by atoms with E-state index < -0.39 is 6.04 Å². The van der Waals surface area contributed by atoms with Crippen molar-refractivity contribution in [3.8, 4) is 0 Å². The van der Waals surface area contributed by atoms with Crippen molar-refractivity contribution in [1.82, 2.24) is 15.5 Å². The summed E-state index contributed by atoms with van der Waals surface area (Å²) in [6.45, 7) is 4.36. The van der Waals surface area contributed by atoms with E-state index in [0.717, 1.165) is 37.3 Å². The first-order valence-corrected chi connectivity index (χ1v) is 9.03. The lowest BCUT2D eigenvalue weighted by Gasteiger charge is -2.30. The van der Waals surface area contributed by atoms with Crippen LogP contribution in [0.4, 0.5) is 5.69 Å². The predicted octanol–water partition coefficient (Wildman–Crippen LogP) is 0.127. The van der Waals surface area contributed by atoms with Gasteiger partial charge in [0.15, 0.2) is 0 Å². The van der Waals surface area contributed by atoms with Gasteiger partial charge in [0.05, 0.1) is 0 Å². The van der Waals surface area contributed by atoms with E-state index in [1.807, 2.05) is 12.1 Å². The van der Waals surface area contributed by atoms with Gasteiger partial charge in [0, 0.05) is 50.9 Å². The van der Waals surface area contributed by atoms with Gasteiger partial charge in [0.2, 0.25) is 17.7 Å². The Bertz CT molecular complexity index is 765. The number of imide groups is 1. The zero-order valence-corrected chi connectivity index (χ0v) is 14.5. The van der Waals surface area contributed by atoms with Crippen LogP contribution in [0.25, 0.3) is 5.57 Å². The normalized spacial score (nSPS) is 23.9. The second kappa shape index (κ2) is 6.92. The summed E-state index contributed by atoms with van der Waals surface area (Å²) >= 11 is 0. The molecule has 136 valence electrons. The first kappa shape index (κ1) is 16.8. The highest BCUT2D eigenvalue weighted by Gasteiger charge is 2.36. The summed E-state index contributed by atoms with van der Waals surface area (Å²) in [5.41, 5.74) is 3.08. The second-order valence-electron chi connectivity index (χ2n) is 6.89. The molecule has 0 aromatic heterocycles. The molecule has 7 nitrogen and oxygen atoms in total. The molecule has 1 aromatic rings. The summed E-state index contributed by atoms with van der Waals surface area (Å²) in [4.78, 5) is 39.6. The van der Waals surface area contributed by atoms with E-state index in [2.05, 4.69) is 27.7 Å². The number of carbonyl (C=O) groups is 3. The summed E-state index contributed by atoms with van der Waals surface area (Å²) < 4.78 is 0. The van der Waals surface area contributed by atoms with E-state index in [4.69, 9.17) is 0 Å². The van der Waals surface area contributed by atoms with Gasteiger partial charge in [-0.15, -0.1) is 0 Å². The minimum atomic E-state index is -0.561. The van der Waals surface area contributed by atoms with E-state index in [1.54, 1.807) is 11.0 Å². The van der Waals surface area contributed by atoms with Gasteiger partial charge >= 0.3 is 0 Å². The van der Waals surface area contributed by atoms with Crippen LogP contribution < -0.4 is 15.5 Å². The molecule has 2 fully saturated rings. The lowest BCUT2D eigenvalue weighted by atomic mass is 10.0. The molecule has 3 heterocycles. The molecular formula is C19H22N4O3. The van der Waals surface area contributed by atoms with Crippen LogP contribution >= 0.6 is 0 Å². The quantitative estimate of drug-likeness (QED) is 0.754. The van der Waals surface area contributed by atoms with Crippen LogP contribution in [0.2, 0.25) is 0 Å². The maximum absolute atomic E-state index is 12.4. The predicted molar refractivity (Wildman–Crippen MR) is 97.4 cm³/mol. The van der Waals surface area contributed by atoms with Crippen LogP contribution in [0.15, 0.2) is 30.3 Å². The topological polar surface area (TPSA) is 81.8 Å². The Hall–Kier alpha value is -2.67. The number of piperidine rings is 1. The molecule has 0 saturated carbocycles. The van der Waals surface area contributed by atoms with Gasteiger partial charge in [0.1, 0.15) is 6.04 Å². The van der Waals surface area contributed by atoms with Gasteiger partial charge in [-0.3, -0.25) is 19.7 Å². The largest absolute Gasteiger partial charge is 0.369 e. The van der Waals surface area contributed by atoms with Crippen molar-refractivity contribution in [2.75, 3.05) is 37.6 Å². The van der Waals surface area contributed by atoms with E-state index in [0.29, 0.717) is 13.0 Å². The number of nitrogens with one attached hydrogen (secondary N) is 2. The highest BCUT2D eigenvalue weighted by Crippen LogP contribution is 2.27. The number of carbonyl (C=O) groups excluding carboxylic acids is 3. The molecule has 3 amide bonds. The maximum Gasteiger partial charge on any atom is 0.249 e. The molecule has 1 aromatic carbocycles. The molecule has 4 rings (SSSR count). The SMILES string of the molecule is O=C1CCC(N2CC(c3ccc(N4CCNCC4)cc3)=CC2=O)C(=O)N1. The fourth-order valence-corrected chi connectivity index (χ4v) is 3.77. The number of rotatable bonds is 3. The van der Waals surface area contributed by atoms with E-state index in [1.165, 1.54) is 5.69 Å². The summed E-state index contributed by atoms with van der Waals surface area (Å²) in [5, 5.41) is 5.66. The molecule has 1 unspecified atom stereocenters. The van der Waals surface area contributed by atoms with Gasteiger partial charge in [0.25, 0.3) is 0 Å². The first-order chi connectivity index (χ1) is 12.6. The zero-order valence-electron chi connectivity index (χ0n) is 14.5. The molecule has 3 aliphatic heterocycles. The van der Waals surface area contributed by atoms with Crippen LogP contribution in [0.5, 0.6) is 0 Å². The van der Waals surface area contributed by atoms with Crippen LogP contribution in [0.1, 0.15) is 18.4 Å². The smallest absolute Gasteiger partial charge is 0.249 e. The number of amides is 3. The third kappa shape index (κ3) is 3.22. The molecule has 1 atom stereocenters. The molecule has 0 bridgehead atoms. The van der Waals surface area contributed by atoms with Gasteiger partial charge in [-0.05, 0) is 29.7 Å². The molecule has 3 aliphatic rings. The van der Waals surface area contributed by atoms with Crippen molar-refractivity contribution >= 4 is 29.0 Å². The number of anilines is 1. The summed E-state index contributed by atoms with van der Waals surface area (Å²) in [6.07, 6.45) is 2.26. The third-order valence-corrected chi connectivity index (χ3v) is 5.23. The van der Waals surface area contributed by atoms with Crippen LogP contribution in [-0.2, 0) is 14.4 Å². The minimum absolute atomic E-state index is 0.166. The average Bonchev–Trinajstić information content (AvgIpc) is 3.04. The lowest BCUT2D eigenvalue weighted by molar-refractivity contribution is -0.142. The molecule has 0 spiro atoms. The van der Waals surface area contributed by atoms with Crippen molar-refractivity contribution in [2.45, 2.75) is 18.9 Å². The monoisotopic (exact) mass is 354 g/mol. The van der Waals surface area contributed by atoms with Gasteiger partial charge in [-0.1, -0.05) is 12.1 Å². The Balaban J connectivity index is 1.45. The average molecular weight is 354 g/mol. The number of hydrogen-bond acceptors (Lipinski definition) is 5. The molecule has 2 saturated heterocycles. The number of piperazine rings is 1. The Labute approximate surface area is 152 Å². The molecule has 26 heavy (non-hydrogen) atoms. The standard InChI is InChI=1S/C19H22N4O3/c24-17-6-5-16(19(26)21-17)23-12-14(11-18(23)25)13-1-3-15(4-2-13)22-9-7-20-8-10-22/h1-4,11,16,20H,5-10,12H2,(H,21,24,26). The highest BCUT2D eigenvalue weighted by atomic mass is 16.2. The minimum Gasteiger partial charge on any atom is -0.369 e. The Kier molecular flexibility index (Phi) is 4.46. The lowest BCUT2D eigenvalue weighted by Crippen LogP contribution is -2.53. The maximum atomic E-state index is 12.4.